The molecule has 9 heteroatoms. The van der Waals surface area contributed by atoms with Crippen molar-refractivity contribution >= 4 is 16.9 Å². The minimum absolute atomic E-state index is 0.148. The summed E-state index contributed by atoms with van der Waals surface area (Å²) in [5.74, 6) is 0.782. The van der Waals surface area contributed by atoms with Gasteiger partial charge < -0.3 is 23.9 Å². The summed E-state index contributed by atoms with van der Waals surface area (Å²) in [5, 5.41) is 11.4. The number of aliphatic hydroxyl groups is 1. The molecule has 0 saturated heterocycles. The van der Waals surface area contributed by atoms with E-state index in [1.165, 1.54) is 0 Å². The van der Waals surface area contributed by atoms with Crippen molar-refractivity contribution in [3.63, 3.8) is 0 Å². The summed E-state index contributed by atoms with van der Waals surface area (Å²) in [6.45, 7) is 1.50. The number of rotatable bonds is 6. The van der Waals surface area contributed by atoms with Crippen LogP contribution in [0, 0.1) is 0 Å². The quantitative estimate of drug-likeness (QED) is 0.346. The number of hydrogen-bond donors (Lipinski definition) is 1. The summed E-state index contributed by atoms with van der Waals surface area (Å²) in [6.07, 6.45) is -1.48. The van der Waals surface area contributed by atoms with Crippen molar-refractivity contribution in [2.24, 2.45) is 0 Å². The van der Waals surface area contributed by atoms with E-state index in [-0.39, 0.29) is 12.2 Å². The van der Waals surface area contributed by atoms with Crippen LogP contribution in [-0.4, -0.2) is 46.8 Å². The van der Waals surface area contributed by atoms with E-state index in [2.05, 4.69) is 11.9 Å². The number of carbonyl (C=O) groups is 1. The number of benzene rings is 2. The van der Waals surface area contributed by atoms with Crippen LogP contribution >= 0.6 is 0 Å². The Labute approximate surface area is 218 Å². The second-order valence-corrected chi connectivity index (χ2v) is 9.69. The smallest absolute Gasteiger partial charge is 0.340 e. The summed E-state index contributed by atoms with van der Waals surface area (Å²) in [4.78, 5) is 32.6. The van der Waals surface area contributed by atoms with Crippen LogP contribution in [0.4, 0.5) is 0 Å². The fourth-order valence-corrected chi connectivity index (χ4v) is 5.36. The van der Waals surface area contributed by atoms with Gasteiger partial charge in [0, 0.05) is 29.6 Å². The number of aliphatic hydroxyl groups excluding tert-OH is 1. The number of methoxy groups -OCH3 is 2. The van der Waals surface area contributed by atoms with Gasteiger partial charge >= 0.3 is 5.97 Å². The molecule has 2 aliphatic rings. The number of nitrogens with zero attached hydrogens (tertiary/aromatic N) is 3. The largest absolute Gasteiger partial charge is 0.497 e. The van der Waals surface area contributed by atoms with Crippen LogP contribution in [0.5, 0.6) is 11.5 Å². The summed E-state index contributed by atoms with van der Waals surface area (Å²) in [7, 11) is 5.33. The van der Waals surface area contributed by atoms with E-state index in [1.807, 2.05) is 42.5 Å². The van der Waals surface area contributed by atoms with E-state index in [4.69, 9.17) is 19.2 Å². The van der Waals surface area contributed by atoms with Crippen LogP contribution in [0.3, 0.4) is 0 Å². The van der Waals surface area contributed by atoms with Crippen molar-refractivity contribution in [1.29, 1.82) is 0 Å². The summed E-state index contributed by atoms with van der Waals surface area (Å²) in [5.41, 5.74) is 5.50. The maximum absolute atomic E-state index is 13.4. The number of esters is 1. The first kappa shape index (κ1) is 24.1. The molecule has 2 aromatic heterocycles. The van der Waals surface area contributed by atoms with Gasteiger partial charge in [-0.05, 0) is 54.6 Å². The molecule has 0 bridgehead atoms. The van der Waals surface area contributed by atoms with E-state index in [0.29, 0.717) is 42.1 Å². The Morgan fingerprint density at radius 1 is 1.03 bits per heavy atom. The van der Waals surface area contributed by atoms with Gasteiger partial charge in [0.15, 0.2) is 6.10 Å². The van der Waals surface area contributed by atoms with Gasteiger partial charge in [0.1, 0.15) is 18.1 Å². The molecule has 194 valence electrons. The topological polar surface area (TPSA) is 103 Å². The number of pyridine rings is 2. The molecule has 0 aliphatic carbocycles. The second-order valence-electron chi connectivity index (χ2n) is 9.69. The van der Waals surface area contributed by atoms with Gasteiger partial charge in [-0.2, -0.15) is 0 Å². The van der Waals surface area contributed by atoms with Crippen LogP contribution in [-0.2, 0) is 35.8 Å². The van der Waals surface area contributed by atoms with Crippen LogP contribution in [0.15, 0.2) is 53.3 Å². The Balaban J connectivity index is 1.46. The lowest BCUT2D eigenvalue weighted by Crippen LogP contribution is -2.32. The van der Waals surface area contributed by atoms with E-state index in [0.717, 1.165) is 39.1 Å². The number of hydrogen-bond acceptors (Lipinski definition) is 8. The Kier molecular flexibility index (Phi) is 5.89. The predicted octanol–water partition coefficient (Wildman–Crippen LogP) is 3.16. The molecule has 6 rings (SSSR count). The Hall–Kier alpha value is -4.21. The molecule has 0 unspecified atom stereocenters. The molecule has 38 heavy (non-hydrogen) atoms. The van der Waals surface area contributed by atoms with Crippen LogP contribution < -0.4 is 15.0 Å². The van der Waals surface area contributed by atoms with Crippen molar-refractivity contribution in [1.82, 2.24) is 14.5 Å². The average molecular weight is 514 g/mol. The highest BCUT2D eigenvalue weighted by Gasteiger charge is 2.34. The lowest BCUT2D eigenvalue weighted by atomic mass is 9.98. The number of ether oxygens (including phenoxy) is 3. The molecule has 0 radical (unpaired) electrons. The molecule has 9 nitrogen and oxygen atoms in total. The number of aromatic nitrogens is 2. The molecule has 0 amide bonds. The Morgan fingerprint density at radius 2 is 1.76 bits per heavy atom. The van der Waals surface area contributed by atoms with Gasteiger partial charge in [-0.15, -0.1) is 0 Å². The fourth-order valence-electron chi connectivity index (χ4n) is 5.36. The van der Waals surface area contributed by atoms with E-state index in [9.17, 15) is 14.7 Å². The third kappa shape index (κ3) is 3.91. The maximum Gasteiger partial charge on any atom is 0.340 e. The highest BCUT2D eigenvalue weighted by atomic mass is 16.5. The van der Waals surface area contributed by atoms with Crippen molar-refractivity contribution in [3.8, 4) is 22.9 Å². The van der Waals surface area contributed by atoms with Gasteiger partial charge in [-0.1, -0.05) is 12.1 Å². The standard InChI is InChI=1S/C29H27N3O6/c1-31(12-16-4-6-17(36-2)7-5-16)13-21-19-10-18(37-3)8-9-24(19)30-26-22(21)14-32-25(26)11-20-23(28(32)34)15-38-29(35)27(20)33/h4-11,27,33H,12-15H2,1-3H3/t27-/m0/s1. The zero-order valence-corrected chi connectivity index (χ0v) is 21.4. The fraction of sp³-hybridized carbons (Fsp3) is 0.276. The molecule has 4 heterocycles. The van der Waals surface area contributed by atoms with E-state index in [1.54, 1.807) is 24.9 Å². The van der Waals surface area contributed by atoms with Crippen LogP contribution in [0.25, 0.3) is 22.3 Å². The minimum atomic E-state index is -1.48. The highest BCUT2D eigenvalue weighted by molar-refractivity contribution is 5.89. The van der Waals surface area contributed by atoms with Gasteiger partial charge in [0.25, 0.3) is 5.56 Å². The van der Waals surface area contributed by atoms with Crippen molar-refractivity contribution in [2.45, 2.75) is 32.3 Å². The number of fused-ring (bicyclic) bond motifs is 5. The van der Waals surface area contributed by atoms with Gasteiger partial charge in [-0.3, -0.25) is 9.69 Å². The minimum Gasteiger partial charge on any atom is -0.497 e. The molecular weight excluding hydrogens is 486 g/mol. The zero-order chi connectivity index (χ0) is 26.6. The predicted molar refractivity (Wildman–Crippen MR) is 140 cm³/mol. The maximum atomic E-state index is 13.4. The first-order valence-electron chi connectivity index (χ1n) is 12.3. The SMILES string of the molecule is COc1ccc(CN(C)Cc2c3c(nc4ccc(OC)cc24)-c2cc4c(c(=O)n2C3)COC(=O)[C@H]4O)cc1. The van der Waals surface area contributed by atoms with Gasteiger partial charge in [0.05, 0.1) is 43.2 Å². The second kappa shape index (κ2) is 9.27. The van der Waals surface area contributed by atoms with Crippen molar-refractivity contribution < 1.29 is 24.1 Å². The lowest BCUT2D eigenvalue weighted by Gasteiger charge is -2.21. The number of carbonyl (C=O) groups excluding carboxylic acids is 1. The van der Waals surface area contributed by atoms with Gasteiger partial charge in [0.2, 0.25) is 0 Å². The molecule has 2 aliphatic heterocycles. The average Bonchev–Trinajstić information content (AvgIpc) is 3.30. The first-order chi connectivity index (χ1) is 18.4. The first-order valence-corrected chi connectivity index (χ1v) is 12.3. The third-order valence-electron chi connectivity index (χ3n) is 7.32. The Morgan fingerprint density at radius 3 is 2.50 bits per heavy atom. The third-order valence-corrected chi connectivity index (χ3v) is 7.32. The van der Waals surface area contributed by atoms with Crippen LogP contribution in [0.1, 0.15) is 33.9 Å². The van der Waals surface area contributed by atoms with E-state index < -0.39 is 12.1 Å². The zero-order valence-electron chi connectivity index (χ0n) is 21.4. The molecule has 0 spiro atoms. The molecule has 1 N–H and O–H groups in total. The highest BCUT2D eigenvalue weighted by Crippen LogP contribution is 2.39. The summed E-state index contributed by atoms with van der Waals surface area (Å²) < 4.78 is 17.5. The molecule has 0 fully saturated rings. The molecule has 2 aromatic carbocycles. The monoisotopic (exact) mass is 513 g/mol. The number of cyclic esters (lactones) is 1. The normalized spacial score (nSPS) is 15.7. The van der Waals surface area contributed by atoms with Crippen molar-refractivity contribution in [3.05, 3.63) is 86.7 Å². The lowest BCUT2D eigenvalue weighted by molar-refractivity contribution is -0.157. The van der Waals surface area contributed by atoms with Crippen LogP contribution in [0.2, 0.25) is 0 Å². The molecule has 4 aromatic rings. The van der Waals surface area contributed by atoms with Crippen molar-refractivity contribution in [2.75, 3.05) is 21.3 Å². The summed E-state index contributed by atoms with van der Waals surface area (Å²) in [6, 6.07) is 15.4. The molecule has 1 atom stereocenters. The van der Waals surface area contributed by atoms with Gasteiger partial charge in [-0.25, -0.2) is 9.78 Å². The van der Waals surface area contributed by atoms with E-state index >= 15 is 0 Å². The Bertz CT molecular complexity index is 1640. The summed E-state index contributed by atoms with van der Waals surface area (Å²) >= 11 is 0. The molecule has 0 saturated carbocycles. The molecular formula is C29H27N3O6.